The van der Waals surface area contributed by atoms with E-state index in [-0.39, 0.29) is 32.8 Å². The van der Waals surface area contributed by atoms with Gasteiger partial charge in [0.25, 0.3) is 0 Å². The molecule has 4 heterocycles. The van der Waals surface area contributed by atoms with Gasteiger partial charge in [0, 0.05) is 49.4 Å². The maximum Gasteiger partial charge on any atom is 0.699 e. The maximum absolute atomic E-state index is 13.6. The van der Waals surface area contributed by atoms with Gasteiger partial charge in [0.2, 0.25) is 12.7 Å². The van der Waals surface area contributed by atoms with Crippen LogP contribution in [0.2, 0.25) is 0 Å². The molecule has 100 heavy (non-hydrogen) atoms. The topological polar surface area (TPSA) is 627 Å². The summed E-state index contributed by atoms with van der Waals surface area (Å²) in [6.45, 7) is -8.70. The van der Waals surface area contributed by atoms with Crippen molar-refractivity contribution in [3.05, 3.63) is 0 Å². The Morgan fingerprint density at radius 3 is 1.45 bits per heavy atom. The lowest BCUT2D eigenvalue weighted by Crippen LogP contribution is -2.64. The molecule has 0 aliphatic carbocycles. The van der Waals surface area contributed by atoms with Crippen molar-refractivity contribution in [1.29, 1.82) is 0 Å². The molecule has 4 aliphatic heterocycles. The van der Waals surface area contributed by atoms with E-state index in [0.29, 0.717) is 0 Å². The first-order valence-electron chi connectivity index (χ1n) is 30.5. The summed E-state index contributed by atoms with van der Waals surface area (Å²) in [6.07, 6.45) is -19.3. The Balaban J connectivity index is 1.46. The van der Waals surface area contributed by atoms with E-state index >= 15 is 0 Å². The molecule has 45 nitrogen and oxygen atoms in total. The highest BCUT2D eigenvalue weighted by Crippen LogP contribution is 2.50. The zero-order valence-electron chi connectivity index (χ0n) is 55.2. The molecule has 4 aliphatic rings. The second kappa shape index (κ2) is 44.6. The van der Waals surface area contributed by atoms with Gasteiger partial charge >= 0.3 is 47.1 Å². The van der Waals surface area contributed by atoms with Gasteiger partial charge < -0.3 is 137 Å². The van der Waals surface area contributed by atoms with E-state index in [1.165, 1.54) is 21.0 Å². The summed E-state index contributed by atoms with van der Waals surface area (Å²) < 4.78 is 198. The molecule has 4 rings (SSSR count). The smallest absolute Gasteiger partial charge is 0.394 e. The summed E-state index contributed by atoms with van der Waals surface area (Å²) in [4.78, 5) is 64.1. The first-order chi connectivity index (χ1) is 46.9. The van der Waals surface area contributed by atoms with Gasteiger partial charge in [-0.05, 0) is 6.92 Å². The standard InChI is InChI=1S/C49H95NO44P6/c1-29-13-34(38(90-29)20-84-96(6,62)63)94-100(70,71)89-27-74-19-33(17-72-5)18-73-26-87-99(68,69)86-24-49(23-85-97(64,65)82-11-8-78-47-31(3)41(56)43(58)36(15-52)92-47,21-75-25-81-95(61)80-10-7-77-46-30(2)40(55)42(57)35(14-51)91-46)22-76-28-88-98(66,67)83-12-9-79-48-39(50-32(4)54)45(60)44(59)37(16-53)93-48/h29-31,33-48,51-53,55-60H,7-28H2,1-6H3,(H5-,50,54,62,63,64,65,66,67,68,69,70,71)/p+1/t29-,30?,31?,33?,34-,35?,36?,37?,38+,39?,40+,41+,42-,43-,44-,45+,46+,47+,48+,49?/m0/s1. The minimum atomic E-state index is -5.38. The van der Waals surface area contributed by atoms with Crippen molar-refractivity contribution in [3.63, 3.8) is 0 Å². The highest BCUT2D eigenvalue weighted by molar-refractivity contribution is 7.52. The van der Waals surface area contributed by atoms with Crippen molar-refractivity contribution >= 4 is 53.0 Å². The number of methoxy groups -OCH3 is 1. The zero-order valence-corrected chi connectivity index (χ0v) is 60.6. The van der Waals surface area contributed by atoms with Gasteiger partial charge in [-0.2, -0.15) is 0 Å². The predicted octanol–water partition coefficient (Wildman–Crippen LogP) is -3.12. The maximum atomic E-state index is 13.6. The molecule has 4 fully saturated rings. The van der Waals surface area contributed by atoms with Gasteiger partial charge in [-0.1, -0.05) is 18.4 Å². The number of hydrogen-bond donors (Lipinski definition) is 15. The molecule has 0 bridgehead atoms. The van der Waals surface area contributed by atoms with Crippen molar-refractivity contribution in [2.45, 2.75) is 132 Å². The molecule has 15 N–H and O–H groups in total. The van der Waals surface area contributed by atoms with Crippen molar-refractivity contribution < 1.29 is 209 Å². The van der Waals surface area contributed by atoms with E-state index in [4.69, 9.17) is 107 Å². The van der Waals surface area contributed by atoms with Crippen LogP contribution in [0.4, 0.5) is 0 Å². The lowest BCUT2D eigenvalue weighted by molar-refractivity contribution is -0.283. The van der Waals surface area contributed by atoms with Crippen LogP contribution in [-0.2, 0) is 139 Å². The molecule has 4 saturated heterocycles. The molecular formula is C49H96NO44P6+. The Morgan fingerprint density at radius 1 is 0.520 bits per heavy atom. The number of hydrogen-bond acceptors (Lipinski definition) is 39. The van der Waals surface area contributed by atoms with Gasteiger partial charge in [-0.3, -0.25) is 45.5 Å². The van der Waals surface area contributed by atoms with Gasteiger partial charge in [-0.25, -0.2) is 18.3 Å². The fourth-order valence-corrected chi connectivity index (χ4v) is 13.3. The summed E-state index contributed by atoms with van der Waals surface area (Å²) >= 11 is 0. The lowest BCUT2D eigenvalue weighted by atomic mass is 9.92. The van der Waals surface area contributed by atoms with E-state index in [1.54, 1.807) is 6.92 Å². The Hall–Kier alpha value is -0.760. The van der Waals surface area contributed by atoms with Crippen LogP contribution in [0.25, 0.3) is 0 Å². The highest BCUT2D eigenvalue weighted by atomic mass is 31.2. The van der Waals surface area contributed by atoms with E-state index in [2.05, 4.69) is 5.32 Å². The average Bonchev–Trinajstić information content (AvgIpc) is 0.958. The first-order valence-corrected chi connectivity index (χ1v) is 39.6. The number of amides is 1. The minimum absolute atomic E-state index is 0.100. The summed E-state index contributed by atoms with van der Waals surface area (Å²) in [6, 6.07) is -1.40. The normalized spacial score (nSPS) is 33.1. The number of carbonyl (C=O) groups excluding carboxylic acids is 1. The zero-order chi connectivity index (χ0) is 74.7. The lowest BCUT2D eigenvalue weighted by Gasteiger charge is -2.42. The Morgan fingerprint density at radius 2 is 0.960 bits per heavy atom. The third-order valence-corrected chi connectivity index (χ3v) is 19.8. The molecule has 1 amide bonds. The molecule has 0 aromatic rings. The number of ether oxygens (including phenoxy) is 12. The largest absolute Gasteiger partial charge is 0.699 e. The van der Waals surface area contributed by atoms with Crippen LogP contribution in [0, 0.1) is 23.2 Å². The highest BCUT2D eigenvalue weighted by Gasteiger charge is 2.48. The fraction of sp³-hybridized carbons (Fsp3) is 0.980. The van der Waals surface area contributed by atoms with Crippen molar-refractivity contribution in [3.8, 4) is 0 Å². The Bertz CT molecular complexity index is 2620. The van der Waals surface area contributed by atoms with Crippen LogP contribution in [0.1, 0.15) is 34.1 Å². The molecule has 0 spiro atoms. The van der Waals surface area contributed by atoms with Crippen molar-refractivity contribution in [2.24, 2.45) is 23.2 Å². The molecule has 14 unspecified atom stereocenters. The number of aliphatic hydroxyl groups is 9. The molecule has 0 saturated carbocycles. The summed E-state index contributed by atoms with van der Waals surface area (Å²) in [5.41, 5.74) is -2.24. The van der Waals surface area contributed by atoms with E-state index in [1.807, 2.05) is 0 Å². The molecule has 0 aromatic carbocycles. The SMILES string of the molecule is COCC(COCOP(=O)(O)OCC(COCO[P+](=O)OCCO[C@@H]1OC(CO)[C@H](O)[C@H](O)C1C)(COCOP(=O)(O)OCCO[C@@H]1OC(CO)[C@H](O)[C@H](O)C1NC(C)=O)COP(=O)(O)OCCO[C@@H]1OC(CO)[C@H](O)[C@H](O)C1C)COCOP(=O)(O)O[C@H]1C[C@H](C)O[C@@H]1COP(C)(=O)O. The van der Waals surface area contributed by atoms with Crippen LogP contribution in [-0.4, -0.2) is 328 Å². The van der Waals surface area contributed by atoms with Crippen LogP contribution in [0.3, 0.4) is 0 Å². The summed E-state index contributed by atoms with van der Waals surface area (Å²) in [5, 5.41) is 93.0. The summed E-state index contributed by atoms with van der Waals surface area (Å²) in [5.74, 6) is -3.10. The van der Waals surface area contributed by atoms with Gasteiger partial charge in [-0.15, -0.1) is 4.52 Å². The number of nitrogens with one attached hydrogen (secondary N) is 1. The number of rotatable bonds is 52. The van der Waals surface area contributed by atoms with Gasteiger partial charge in [0.1, 0.15) is 67.6 Å². The average molecular weight is 1590 g/mol. The fourth-order valence-electron chi connectivity index (χ4n) is 9.49. The molecule has 51 heteroatoms. The van der Waals surface area contributed by atoms with Crippen LogP contribution in [0.15, 0.2) is 0 Å². The number of phosphoric ester groups is 4. The third-order valence-electron chi connectivity index (χ3n) is 14.7. The minimum Gasteiger partial charge on any atom is -0.394 e. The predicted molar refractivity (Wildman–Crippen MR) is 325 cm³/mol. The van der Waals surface area contributed by atoms with E-state index < -0.39 is 287 Å². The van der Waals surface area contributed by atoms with Gasteiger partial charge in [0.05, 0.1) is 129 Å². The molecule has 590 valence electrons. The van der Waals surface area contributed by atoms with Crippen molar-refractivity contribution in [1.82, 2.24) is 5.32 Å². The molecular weight excluding hydrogens is 1490 g/mol. The first kappa shape index (κ1) is 91.6. The third kappa shape index (κ3) is 33.0. The molecule has 0 aromatic heterocycles. The quantitative estimate of drug-likeness (QED) is 0.0163. The van der Waals surface area contributed by atoms with E-state index in [0.717, 1.165) is 13.6 Å². The molecule has 26 atom stereocenters. The van der Waals surface area contributed by atoms with Crippen LogP contribution in [0.5, 0.6) is 0 Å². The molecule has 0 radical (unpaired) electrons. The number of carbonyl (C=O) groups is 1. The van der Waals surface area contributed by atoms with Crippen molar-refractivity contribution in [2.75, 3.05) is 153 Å². The Kier molecular flexibility index (Phi) is 40.9. The second-order valence-corrected chi connectivity index (χ2v) is 31.6. The number of aliphatic hydroxyl groups excluding tert-OH is 9. The second-order valence-electron chi connectivity index (χ2n) is 23.0. The van der Waals surface area contributed by atoms with Crippen LogP contribution >= 0.6 is 47.1 Å². The van der Waals surface area contributed by atoms with Crippen LogP contribution < -0.4 is 5.32 Å². The van der Waals surface area contributed by atoms with Gasteiger partial charge in [0.15, 0.2) is 39.2 Å². The number of phosphoric acid groups is 4. The van der Waals surface area contributed by atoms with E-state index in [9.17, 15) is 103 Å². The summed E-state index contributed by atoms with van der Waals surface area (Å²) in [7, 11) is -26.4. The Labute approximate surface area is 574 Å². The monoisotopic (exact) mass is 1590 g/mol.